The Hall–Kier alpha value is -1.39. The lowest BCUT2D eigenvalue weighted by Gasteiger charge is -2.23. The highest BCUT2D eigenvalue weighted by Gasteiger charge is 2.39. The summed E-state index contributed by atoms with van der Waals surface area (Å²) in [6.07, 6.45) is 5.98. The van der Waals surface area contributed by atoms with Crippen molar-refractivity contribution in [1.29, 1.82) is 0 Å². The summed E-state index contributed by atoms with van der Waals surface area (Å²) in [6.45, 7) is 0.907. The molecule has 0 aromatic heterocycles. The minimum absolute atomic E-state index is 0.231. The zero-order valence-electron chi connectivity index (χ0n) is 13.0. The van der Waals surface area contributed by atoms with Gasteiger partial charge in [-0.05, 0) is 43.1 Å². The molecule has 4 unspecified atom stereocenters. The van der Waals surface area contributed by atoms with Crippen molar-refractivity contribution in [2.24, 2.45) is 17.8 Å². The number of hydrogen-bond donors (Lipinski definition) is 1. The van der Waals surface area contributed by atoms with Crippen molar-refractivity contribution >= 4 is 23.8 Å². The molecule has 0 spiro atoms. The van der Waals surface area contributed by atoms with E-state index in [2.05, 4.69) is 5.32 Å². The first-order valence-corrected chi connectivity index (χ1v) is 8.69. The molecule has 2 bridgehead atoms. The molecule has 124 valence electrons. The fourth-order valence-electron chi connectivity index (χ4n) is 3.94. The molecule has 0 saturated heterocycles. The van der Waals surface area contributed by atoms with Crippen molar-refractivity contribution in [3.63, 3.8) is 0 Å². The first kappa shape index (κ1) is 16.5. The van der Waals surface area contributed by atoms with E-state index in [1.54, 1.807) is 24.3 Å². The van der Waals surface area contributed by atoms with Gasteiger partial charge in [0.05, 0.1) is 13.2 Å². The van der Waals surface area contributed by atoms with Gasteiger partial charge in [0.2, 0.25) is 0 Å². The van der Waals surface area contributed by atoms with Crippen LogP contribution in [0.25, 0.3) is 0 Å². The van der Waals surface area contributed by atoms with Gasteiger partial charge >= 0.3 is 0 Å². The zero-order valence-corrected chi connectivity index (χ0v) is 13.8. The van der Waals surface area contributed by atoms with Crippen molar-refractivity contribution < 1.29 is 14.3 Å². The number of hydrogen-bond acceptors (Lipinski definition) is 3. The Morgan fingerprint density at radius 1 is 1.35 bits per heavy atom. The molecule has 3 rings (SSSR count). The number of alkyl halides is 1. The van der Waals surface area contributed by atoms with E-state index in [9.17, 15) is 9.59 Å². The van der Waals surface area contributed by atoms with Gasteiger partial charge in [0.1, 0.15) is 5.56 Å². The third-order valence-corrected chi connectivity index (χ3v) is 5.41. The lowest BCUT2D eigenvalue weighted by molar-refractivity contribution is 0.0563. The van der Waals surface area contributed by atoms with Crippen molar-refractivity contribution in [3.8, 4) is 0 Å². The van der Waals surface area contributed by atoms with E-state index < -0.39 is 5.56 Å². The third-order valence-electron chi connectivity index (χ3n) is 5.13. The van der Waals surface area contributed by atoms with E-state index in [0.29, 0.717) is 29.9 Å². The van der Waals surface area contributed by atoms with Crippen LogP contribution in [0.4, 0.5) is 0 Å². The molecule has 4 nitrogen and oxygen atoms in total. The highest BCUT2D eigenvalue weighted by molar-refractivity contribution is 6.20. The van der Waals surface area contributed by atoms with Crippen molar-refractivity contribution in [3.05, 3.63) is 35.4 Å². The van der Waals surface area contributed by atoms with E-state index in [-0.39, 0.29) is 12.5 Å². The number of fused-ring (bicyclic) bond motifs is 2. The smallest absolute Gasteiger partial charge is 0.252 e. The molecule has 1 N–H and O–H groups in total. The van der Waals surface area contributed by atoms with Gasteiger partial charge in [-0.1, -0.05) is 36.2 Å². The number of halogens is 1. The highest BCUT2D eigenvalue weighted by Crippen LogP contribution is 2.48. The first-order chi connectivity index (χ1) is 11.2. The van der Waals surface area contributed by atoms with E-state index in [0.717, 1.165) is 11.8 Å². The largest absolute Gasteiger partial charge is 0.360 e. The zero-order chi connectivity index (χ0) is 16.2. The van der Waals surface area contributed by atoms with E-state index in [4.69, 9.17) is 16.3 Å². The average molecular weight is 336 g/mol. The molecule has 0 heterocycles. The molecule has 1 aromatic carbocycles. The number of carbonyl (C=O) groups is 2. The van der Waals surface area contributed by atoms with Crippen molar-refractivity contribution in [1.82, 2.24) is 5.32 Å². The maximum atomic E-state index is 12.1. The predicted molar refractivity (Wildman–Crippen MR) is 88.7 cm³/mol. The molecule has 23 heavy (non-hydrogen) atoms. The normalized spacial score (nSPS) is 26.9. The molecule has 1 amide bonds. The summed E-state index contributed by atoms with van der Waals surface area (Å²) in [5.41, 5.74) is 0.194. The lowest BCUT2D eigenvalue weighted by Crippen LogP contribution is -2.32. The SMILES string of the molecule is O=Cc1ccccc1C(=O)NCC(Cl)OCC1CC2CCC1C2. The van der Waals surface area contributed by atoms with E-state index in [1.165, 1.54) is 25.7 Å². The summed E-state index contributed by atoms with van der Waals surface area (Å²) >= 11 is 6.16. The Bertz CT molecular complexity index is 577. The summed E-state index contributed by atoms with van der Waals surface area (Å²) in [6, 6.07) is 6.69. The first-order valence-electron chi connectivity index (χ1n) is 8.25. The Morgan fingerprint density at radius 3 is 2.87 bits per heavy atom. The molecule has 2 aliphatic carbocycles. The molecule has 1 aromatic rings. The second-order valence-electron chi connectivity index (χ2n) is 6.59. The number of amides is 1. The van der Waals surface area contributed by atoms with Crippen LogP contribution in [-0.4, -0.2) is 30.9 Å². The second kappa shape index (κ2) is 7.45. The van der Waals surface area contributed by atoms with Gasteiger partial charge < -0.3 is 10.1 Å². The molecule has 5 heteroatoms. The Labute approximate surface area is 141 Å². The molecule has 2 fully saturated rings. The standard InChI is InChI=1S/C18H22ClNO3/c19-17(23-11-15-8-12-5-6-13(15)7-12)9-20-18(22)16-4-2-1-3-14(16)10-21/h1-4,10,12-13,15,17H,5-9,11H2,(H,20,22). The molecule has 2 saturated carbocycles. The van der Waals surface area contributed by atoms with Gasteiger partial charge in [-0.2, -0.15) is 0 Å². The van der Waals surface area contributed by atoms with Gasteiger partial charge in [0.15, 0.2) is 6.29 Å². The van der Waals surface area contributed by atoms with Crippen LogP contribution in [0.2, 0.25) is 0 Å². The number of rotatable bonds is 7. The summed E-state index contributed by atoms with van der Waals surface area (Å²) < 4.78 is 5.70. The van der Waals surface area contributed by atoms with Gasteiger partial charge in [-0.3, -0.25) is 9.59 Å². The van der Waals surface area contributed by atoms with Gasteiger partial charge in [-0.15, -0.1) is 0 Å². The number of carbonyl (C=O) groups excluding carboxylic acids is 2. The van der Waals surface area contributed by atoms with Crippen LogP contribution < -0.4 is 5.32 Å². The topological polar surface area (TPSA) is 55.4 Å². The summed E-state index contributed by atoms with van der Waals surface area (Å²) in [5, 5.41) is 2.73. The van der Waals surface area contributed by atoms with E-state index in [1.807, 2.05) is 0 Å². The number of aldehydes is 1. The molecular weight excluding hydrogens is 314 g/mol. The predicted octanol–water partition coefficient (Wildman–Crippen LogP) is 3.25. The van der Waals surface area contributed by atoms with Gasteiger partial charge in [0, 0.05) is 11.1 Å². The molecule has 0 radical (unpaired) electrons. The Morgan fingerprint density at radius 2 is 2.17 bits per heavy atom. The number of benzene rings is 1. The van der Waals surface area contributed by atoms with Crippen LogP contribution >= 0.6 is 11.6 Å². The molecule has 0 aliphatic heterocycles. The average Bonchev–Trinajstić information content (AvgIpc) is 3.20. The van der Waals surface area contributed by atoms with Crippen LogP contribution in [0, 0.1) is 17.8 Å². The van der Waals surface area contributed by atoms with Crippen molar-refractivity contribution in [2.45, 2.75) is 31.2 Å². The quantitative estimate of drug-likeness (QED) is 0.614. The van der Waals surface area contributed by atoms with Crippen LogP contribution in [0.15, 0.2) is 24.3 Å². The highest BCUT2D eigenvalue weighted by atomic mass is 35.5. The van der Waals surface area contributed by atoms with Gasteiger partial charge in [0.25, 0.3) is 5.91 Å². The second-order valence-corrected chi connectivity index (χ2v) is 7.08. The number of ether oxygens (including phenoxy) is 1. The fraction of sp³-hybridized carbons (Fsp3) is 0.556. The Balaban J connectivity index is 1.42. The minimum Gasteiger partial charge on any atom is -0.360 e. The number of nitrogens with one attached hydrogen (secondary N) is 1. The summed E-state index contributed by atoms with van der Waals surface area (Å²) in [7, 11) is 0. The van der Waals surface area contributed by atoms with Crippen LogP contribution in [0.5, 0.6) is 0 Å². The fourth-order valence-corrected chi connectivity index (χ4v) is 4.09. The molecular formula is C18H22ClNO3. The molecule has 4 atom stereocenters. The maximum absolute atomic E-state index is 12.1. The lowest BCUT2D eigenvalue weighted by atomic mass is 9.90. The van der Waals surface area contributed by atoms with Crippen LogP contribution in [-0.2, 0) is 4.74 Å². The minimum atomic E-state index is -0.540. The van der Waals surface area contributed by atoms with E-state index >= 15 is 0 Å². The summed E-state index contributed by atoms with van der Waals surface area (Å²) in [5.74, 6) is 2.02. The van der Waals surface area contributed by atoms with Crippen molar-refractivity contribution in [2.75, 3.05) is 13.2 Å². The van der Waals surface area contributed by atoms with Gasteiger partial charge in [-0.25, -0.2) is 0 Å². The molecule has 2 aliphatic rings. The third kappa shape index (κ3) is 3.93. The maximum Gasteiger partial charge on any atom is 0.252 e. The monoisotopic (exact) mass is 335 g/mol. The van der Waals surface area contributed by atoms with Crippen LogP contribution in [0.1, 0.15) is 46.4 Å². The Kier molecular flexibility index (Phi) is 5.34. The van der Waals surface area contributed by atoms with Crippen LogP contribution in [0.3, 0.4) is 0 Å². The summed E-state index contributed by atoms with van der Waals surface area (Å²) in [4.78, 5) is 23.1.